The fourth-order valence-electron chi connectivity index (χ4n) is 1.72. The van der Waals surface area contributed by atoms with Crippen LogP contribution < -0.4 is 10.6 Å². The Kier molecular flexibility index (Phi) is 6.10. The molecule has 2 aromatic rings. The van der Waals surface area contributed by atoms with Crippen molar-refractivity contribution in [2.24, 2.45) is 0 Å². The summed E-state index contributed by atoms with van der Waals surface area (Å²) in [6, 6.07) is 11.1. The molecule has 2 N–H and O–H groups in total. The first-order valence-corrected chi connectivity index (χ1v) is 8.37. The van der Waals surface area contributed by atoms with Crippen LogP contribution in [0.4, 0.5) is 23.7 Å². The lowest BCUT2D eigenvalue weighted by molar-refractivity contribution is -0.0328. The molecular formula is C15H10F3IN2O2S. The Morgan fingerprint density at radius 3 is 2.21 bits per heavy atom. The molecule has 0 radical (unpaired) electrons. The third-order valence-corrected chi connectivity index (χ3v) is 4.37. The molecule has 0 fully saturated rings. The van der Waals surface area contributed by atoms with E-state index in [9.17, 15) is 22.8 Å². The van der Waals surface area contributed by atoms with Crippen LogP contribution in [0.15, 0.2) is 53.4 Å². The first-order chi connectivity index (χ1) is 11.2. The van der Waals surface area contributed by atoms with Gasteiger partial charge in [-0.3, -0.25) is 10.1 Å². The lowest BCUT2D eigenvalue weighted by Crippen LogP contribution is -2.34. The van der Waals surface area contributed by atoms with Crippen LogP contribution in [-0.4, -0.2) is 17.4 Å². The molecule has 9 heteroatoms. The number of hydrogen-bond donors (Lipinski definition) is 2. The van der Waals surface area contributed by atoms with Gasteiger partial charge in [-0.15, -0.1) is 0 Å². The van der Waals surface area contributed by atoms with E-state index in [-0.39, 0.29) is 22.3 Å². The van der Waals surface area contributed by atoms with E-state index in [1.54, 1.807) is 24.3 Å². The van der Waals surface area contributed by atoms with Crippen molar-refractivity contribution in [3.63, 3.8) is 0 Å². The zero-order valence-electron chi connectivity index (χ0n) is 11.9. The van der Waals surface area contributed by atoms with Gasteiger partial charge < -0.3 is 5.32 Å². The number of urea groups is 1. The number of nitrogens with one attached hydrogen (secondary N) is 2. The van der Waals surface area contributed by atoms with E-state index in [2.05, 4.69) is 10.6 Å². The number of carbonyl (C=O) groups is 2. The SMILES string of the molecule is O=C(NC(=O)c1ccccc1I)Nc1ccc(SC(F)(F)F)cc1. The van der Waals surface area contributed by atoms with Gasteiger partial charge in [0.25, 0.3) is 5.91 Å². The maximum Gasteiger partial charge on any atom is 0.446 e. The smallest absolute Gasteiger partial charge is 0.308 e. The molecular weight excluding hydrogens is 456 g/mol. The molecule has 0 heterocycles. The fraction of sp³-hybridized carbons (Fsp3) is 0.0667. The van der Waals surface area contributed by atoms with Crippen LogP contribution in [-0.2, 0) is 0 Å². The van der Waals surface area contributed by atoms with Gasteiger partial charge in [0.05, 0.1) is 5.56 Å². The van der Waals surface area contributed by atoms with Gasteiger partial charge >= 0.3 is 11.5 Å². The molecule has 0 atom stereocenters. The van der Waals surface area contributed by atoms with Crippen LogP contribution in [0.2, 0.25) is 0 Å². The lowest BCUT2D eigenvalue weighted by Gasteiger charge is -2.09. The number of amides is 3. The van der Waals surface area contributed by atoms with E-state index in [0.29, 0.717) is 9.13 Å². The number of alkyl halides is 3. The minimum Gasteiger partial charge on any atom is -0.308 e. The van der Waals surface area contributed by atoms with Gasteiger partial charge in [0.2, 0.25) is 0 Å². The summed E-state index contributed by atoms with van der Waals surface area (Å²) >= 11 is 1.73. The number of imide groups is 1. The maximum atomic E-state index is 12.2. The third kappa shape index (κ3) is 5.71. The van der Waals surface area contributed by atoms with Crippen molar-refractivity contribution in [2.75, 3.05) is 5.32 Å². The van der Waals surface area contributed by atoms with E-state index >= 15 is 0 Å². The van der Waals surface area contributed by atoms with E-state index < -0.39 is 17.4 Å². The van der Waals surface area contributed by atoms with Crippen LogP contribution in [0, 0.1) is 3.57 Å². The van der Waals surface area contributed by atoms with Crippen molar-refractivity contribution in [1.29, 1.82) is 0 Å². The average molecular weight is 466 g/mol. The molecule has 0 unspecified atom stereocenters. The molecule has 0 aliphatic rings. The highest BCUT2D eigenvalue weighted by Gasteiger charge is 2.29. The zero-order chi connectivity index (χ0) is 17.7. The monoisotopic (exact) mass is 466 g/mol. The Hall–Kier alpha value is -1.75. The van der Waals surface area contributed by atoms with E-state index in [4.69, 9.17) is 0 Å². The normalized spacial score (nSPS) is 11.0. The van der Waals surface area contributed by atoms with Crippen molar-refractivity contribution in [1.82, 2.24) is 5.32 Å². The fourth-order valence-corrected chi connectivity index (χ4v) is 2.89. The summed E-state index contributed by atoms with van der Waals surface area (Å²) in [6.45, 7) is 0. The van der Waals surface area contributed by atoms with Gasteiger partial charge in [-0.2, -0.15) is 13.2 Å². The van der Waals surface area contributed by atoms with Crippen molar-refractivity contribution in [2.45, 2.75) is 10.4 Å². The lowest BCUT2D eigenvalue weighted by atomic mass is 10.2. The van der Waals surface area contributed by atoms with Crippen LogP contribution in [0.5, 0.6) is 0 Å². The molecule has 3 amide bonds. The standard InChI is InChI=1S/C15H10F3IN2O2S/c16-15(17,18)24-10-7-5-9(6-8-10)20-14(23)21-13(22)11-3-1-2-4-12(11)19/h1-8H,(H2,20,21,22,23). The number of anilines is 1. The van der Waals surface area contributed by atoms with E-state index in [1.165, 1.54) is 24.3 Å². The minimum absolute atomic E-state index is 0.00312. The Labute approximate surface area is 153 Å². The number of carbonyl (C=O) groups excluding carboxylic acids is 2. The number of thioether (sulfide) groups is 1. The molecule has 0 spiro atoms. The Morgan fingerprint density at radius 2 is 1.62 bits per heavy atom. The number of rotatable bonds is 3. The number of benzene rings is 2. The van der Waals surface area contributed by atoms with Crippen molar-refractivity contribution < 1.29 is 22.8 Å². The number of hydrogen-bond acceptors (Lipinski definition) is 3. The highest BCUT2D eigenvalue weighted by molar-refractivity contribution is 14.1. The highest BCUT2D eigenvalue weighted by Crippen LogP contribution is 2.36. The summed E-state index contributed by atoms with van der Waals surface area (Å²) in [5.41, 5.74) is -3.74. The van der Waals surface area contributed by atoms with E-state index in [0.717, 1.165) is 0 Å². The average Bonchev–Trinajstić information content (AvgIpc) is 2.48. The quantitative estimate of drug-likeness (QED) is 0.502. The van der Waals surface area contributed by atoms with Crippen molar-refractivity contribution in [3.05, 3.63) is 57.7 Å². The predicted octanol–water partition coefficient (Wildman–Crippen LogP) is 4.87. The predicted molar refractivity (Wildman–Crippen MR) is 94.0 cm³/mol. The summed E-state index contributed by atoms with van der Waals surface area (Å²) in [5, 5.41) is 4.55. The zero-order valence-corrected chi connectivity index (χ0v) is 14.8. The van der Waals surface area contributed by atoms with Gasteiger partial charge in [0.15, 0.2) is 0 Å². The number of halogens is 4. The van der Waals surface area contributed by atoms with Gasteiger partial charge in [0, 0.05) is 14.2 Å². The first kappa shape index (κ1) is 18.6. The molecule has 0 aromatic heterocycles. The van der Waals surface area contributed by atoms with Gasteiger partial charge in [-0.25, -0.2) is 4.79 Å². The molecule has 24 heavy (non-hydrogen) atoms. The van der Waals surface area contributed by atoms with Crippen LogP contribution >= 0.6 is 34.4 Å². The topological polar surface area (TPSA) is 58.2 Å². The summed E-state index contributed by atoms with van der Waals surface area (Å²) in [4.78, 5) is 23.8. The van der Waals surface area contributed by atoms with E-state index in [1.807, 2.05) is 22.6 Å². The molecule has 0 bridgehead atoms. The van der Waals surface area contributed by atoms with Gasteiger partial charge in [-0.1, -0.05) is 12.1 Å². The summed E-state index contributed by atoms with van der Waals surface area (Å²) < 4.78 is 37.4. The van der Waals surface area contributed by atoms with Crippen LogP contribution in [0.1, 0.15) is 10.4 Å². The molecule has 0 aliphatic heterocycles. The van der Waals surface area contributed by atoms with Crippen molar-refractivity contribution >= 4 is 52.0 Å². The second kappa shape index (κ2) is 7.88. The largest absolute Gasteiger partial charge is 0.446 e. The molecule has 0 aliphatic carbocycles. The Bertz CT molecular complexity index is 751. The van der Waals surface area contributed by atoms with Gasteiger partial charge in [-0.05, 0) is 70.8 Å². The molecule has 4 nitrogen and oxygen atoms in total. The van der Waals surface area contributed by atoms with Crippen molar-refractivity contribution in [3.8, 4) is 0 Å². The summed E-state index contributed by atoms with van der Waals surface area (Å²) in [7, 11) is 0. The maximum absolute atomic E-state index is 12.2. The third-order valence-electron chi connectivity index (χ3n) is 2.69. The highest BCUT2D eigenvalue weighted by atomic mass is 127. The minimum atomic E-state index is -4.37. The molecule has 0 saturated carbocycles. The first-order valence-electron chi connectivity index (χ1n) is 6.47. The second-order valence-corrected chi connectivity index (χ2v) is 6.76. The summed E-state index contributed by atoms with van der Waals surface area (Å²) in [6.07, 6.45) is 0. The molecule has 0 saturated heterocycles. The van der Waals surface area contributed by atoms with Crippen LogP contribution in [0.25, 0.3) is 0 Å². The Morgan fingerprint density at radius 1 is 1.00 bits per heavy atom. The molecule has 126 valence electrons. The summed E-state index contributed by atoms with van der Waals surface area (Å²) in [5.74, 6) is -0.568. The van der Waals surface area contributed by atoms with Gasteiger partial charge in [0.1, 0.15) is 0 Å². The molecule has 2 rings (SSSR count). The molecule has 2 aromatic carbocycles. The second-order valence-electron chi connectivity index (χ2n) is 4.46. The Balaban J connectivity index is 1.95. The van der Waals surface area contributed by atoms with Crippen LogP contribution in [0.3, 0.4) is 0 Å².